The van der Waals surface area contributed by atoms with E-state index in [1.165, 1.54) is 50.7 Å². The van der Waals surface area contributed by atoms with Gasteiger partial charge < -0.3 is 14.8 Å². The average Bonchev–Trinajstić information content (AvgIpc) is 2.88. The second-order valence-electron chi connectivity index (χ2n) is 11.9. The van der Waals surface area contributed by atoms with Gasteiger partial charge in [-0.25, -0.2) is 0 Å². The minimum Gasteiger partial charge on any atom is -0.457 e. The molecule has 7 rings (SSSR count). The molecule has 0 unspecified atom stereocenters. The van der Waals surface area contributed by atoms with Crippen molar-refractivity contribution in [3.63, 3.8) is 0 Å². The van der Waals surface area contributed by atoms with Gasteiger partial charge in [-0.3, -0.25) is 14.9 Å². The molecule has 4 aliphatic carbocycles. The summed E-state index contributed by atoms with van der Waals surface area (Å²) in [6.07, 6.45) is 7.87. The van der Waals surface area contributed by atoms with Crippen molar-refractivity contribution in [3.8, 4) is 23.0 Å². The highest BCUT2D eigenvalue weighted by Gasteiger charge is 2.53. The molecular formula is C32H34N2O5. The zero-order chi connectivity index (χ0) is 27.1. The van der Waals surface area contributed by atoms with Crippen LogP contribution in [0.25, 0.3) is 0 Å². The molecule has 7 heteroatoms. The molecule has 0 spiro atoms. The van der Waals surface area contributed by atoms with Crippen molar-refractivity contribution in [1.82, 2.24) is 5.32 Å². The van der Waals surface area contributed by atoms with Gasteiger partial charge in [0.1, 0.15) is 23.0 Å². The van der Waals surface area contributed by atoms with Gasteiger partial charge in [-0.2, -0.15) is 0 Å². The minimum absolute atomic E-state index is 0.0750. The number of ether oxygens (including phenoxy) is 2. The average molecular weight is 527 g/mol. The largest absolute Gasteiger partial charge is 0.457 e. The van der Waals surface area contributed by atoms with Gasteiger partial charge in [0, 0.05) is 17.7 Å². The number of non-ortho nitro benzene ring substituents is 1. The molecule has 3 aromatic rings. The van der Waals surface area contributed by atoms with Crippen LogP contribution >= 0.6 is 0 Å². The Morgan fingerprint density at radius 3 is 2.03 bits per heavy atom. The lowest BCUT2D eigenvalue weighted by molar-refractivity contribution is -0.385. The Balaban J connectivity index is 1.13. The van der Waals surface area contributed by atoms with Crippen LogP contribution < -0.4 is 14.8 Å². The van der Waals surface area contributed by atoms with Crippen molar-refractivity contribution in [2.24, 2.45) is 23.2 Å². The third-order valence-electron chi connectivity index (χ3n) is 9.00. The maximum Gasteiger partial charge on any atom is 0.276 e. The first-order chi connectivity index (χ1) is 18.7. The van der Waals surface area contributed by atoms with E-state index in [2.05, 4.69) is 12.2 Å². The van der Waals surface area contributed by atoms with Crippen LogP contribution in [0.5, 0.6) is 23.0 Å². The van der Waals surface area contributed by atoms with E-state index in [-0.39, 0.29) is 28.8 Å². The number of rotatable bonds is 8. The van der Waals surface area contributed by atoms with Crippen LogP contribution in [0.4, 0.5) is 5.69 Å². The molecule has 39 heavy (non-hydrogen) atoms. The number of nitrogens with zero attached hydrogens (tertiary/aromatic N) is 1. The summed E-state index contributed by atoms with van der Waals surface area (Å²) in [5.41, 5.74) is 1.70. The summed E-state index contributed by atoms with van der Waals surface area (Å²) < 4.78 is 11.8. The van der Waals surface area contributed by atoms with Crippen molar-refractivity contribution in [2.75, 3.05) is 0 Å². The summed E-state index contributed by atoms with van der Waals surface area (Å²) in [5, 5.41) is 14.8. The van der Waals surface area contributed by atoms with E-state index < -0.39 is 4.92 Å². The normalized spacial score (nSPS) is 25.6. The molecule has 4 bridgehead atoms. The molecule has 0 aromatic heterocycles. The molecule has 4 saturated carbocycles. The summed E-state index contributed by atoms with van der Waals surface area (Å²) in [6.45, 7) is 4.13. The molecule has 0 heterocycles. The lowest BCUT2D eigenvalue weighted by Crippen LogP contribution is -2.55. The van der Waals surface area contributed by atoms with Crippen molar-refractivity contribution in [1.29, 1.82) is 0 Å². The predicted octanol–water partition coefficient (Wildman–Crippen LogP) is 7.82. The van der Waals surface area contributed by atoms with E-state index in [1.807, 2.05) is 25.1 Å². The maximum atomic E-state index is 13.1. The summed E-state index contributed by atoms with van der Waals surface area (Å²) in [7, 11) is 0. The van der Waals surface area contributed by atoms with Crippen molar-refractivity contribution >= 4 is 11.6 Å². The first-order valence-corrected chi connectivity index (χ1v) is 13.9. The number of nitrogens with one attached hydrogen (secondary N) is 1. The van der Waals surface area contributed by atoms with Gasteiger partial charge in [0.25, 0.3) is 11.6 Å². The Kier molecular flexibility index (Phi) is 6.53. The van der Waals surface area contributed by atoms with Crippen LogP contribution in [-0.4, -0.2) is 16.9 Å². The molecule has 202 valence electrons. The Labute approximate surface area is 228 Å². The molecular weight excluding hydrogens is 492 g/mol. The number of carbonyl (C=O) groups excluding carboxylic acids is 1. The highest BCUT2D eigenvalue weighted by atomic mass is 16.6. The molecule has 1 amide bonds. The van der Waals surface area contributed by atoms with Gasteiger partial charge in [-0.15, -0.1) is 0 Å². The van der Waals surface area contributed by atoms with E-state index in [9.17, 15) is 14.9 Å². The van der Waals surface area contributed by atoms with Crippen LogP contribution in [-0.2, 0) is 0 Å². The lowest BCUT2D eigenvalue weighted by Gasteiger charge is -2.59. The zero-order valence-electron chi connectivity index (χ0n) is 22.4. The summed E-state index contributed by atoms with van der Waals surface area (Å²) in [4.78, 5) is 24.2. The Morgan fingerprint density at radius 2 is 1.46 bits per heavy atom. The lowest BCUT2D eigenvalue weighted by atomic mass is 9.48. The van der Waals surface area contributed by atoms with Crippen molar-refractivity contribution in [3.05, 3.63) is 88.0 Å². The standard InChI is InChI=1S/C32H34N2O5/c1-20-4-3-5-28(10-20)39-30-15-26(34(36)37)14-29(16-30)38-27-8-6-25(7-9-27)31(35)33-21(2)32-17-22-11-23(18-32)13-24(12-22)19-32/h3-10,14-16,21-24H,11-13,17-19H2,1-2H3,(H,33,35)/t21-,22?,23?,24?,32?/m1/s1. The van der Waals surface area contributed by atoms with E-state index in [0.717, 1.165) is 23.3 Å². The number of amides is 1. The van der Waals surface area contributed by atoms with Gasteiger partial charge in [0.15, 0.2) is 0 Å². The summed E-state index contributed by atoms with van der Waals surface area (Å²) in [5.74, 6) is 4.07. The van der Waals surface area contributed by atoms with Gasteiger partial charge in [-0.05, 0) is 118 Å². The molecule has 0 radical (unpaired) electrons. The number of hydrogen-bond donors (Lipinski definition) is 1. The molecule has 0 aliphatic heterocycles. The molecule has 4 aliphatic rings. The van der Waals surface area contributed by atoms with Crippen LogP contribution in [0.15, 0.2) is 66.7 Å². The fourth-order valence-electron chi connectivity index (χ4n) is 7.55. The second kappa shape index (κ2) is 10.0. The molecule has 1 atom stereocenters. The van der Waals surface area contributed by atoms with E-state index >= 15 is 0 Å². The van der Waals surface area contributed by atoms with Crippen LogP contribution in [0, 0.1) is 40.2 Å². The monoisotopic (exact) mass is 526 g/mol. The van der Waals surface area contributed by atoms with Crippen LogP contribution in [0.3, 0.4) is 0 Å². The third kappa shape index (κ3) is 5.35. The number of aryl methyl sites for hydroxylation is 1. The van der Waals surface area contributed by atoms with E-state index in [0.29, 0.717) is 22.8 Å². The van der Waals surface area contributed by atoms with Crippen LogP contribution in [0.2, 0.25) is 0 Å². The first kappa shape index (κ1) is 25.4. The number of hydrogen-bond acceptors (Lipinski definition) is 5. The minimum atomic E-state index is -0.478. The SMILES string of the molecule is Cc1cccc(Oc2cc(Oc3ccc(C(=O)N[C@H](C)C45CC6CC(CC(C6)C4)C5)cc3)cc([N+](=O)[O-])c2)c1. The number of nitro benzene ring substituents is 1. The van der Waals surface area contributed by atoms with Crippen molar-refractivity contribution in [2.45, 2.75) is 58.4 Å². The Hall–Kier alpha value is -3.87. The molecule has 0 saturated heterocycles. The summed E-state index contributed by atoms with van der Waals surface area (Å²) >= 11 is 0. The van der Waals surface area contributed by atoms with E-state index in [1.54, 1.807) is 36.4 Å². The molecule has 7 nitrogen and oxygen atoms in total. The Morgan fingerprint density at radius 1 is 0.872 bits per heavy atom. The fraction of sp³-hybridized carbons (Fsp3) is 0.406. The smallest absolute Gasteiger partial charge is 0.276 e. The fourth-order valence-corrected chi connectivity index (χ4v) is 7.55. The maximum absolute atomic E-state index is 13.1. The van der Waals surface area contributed by atoms with Gasteiger partial charge in [0.05, 0.1) is 17.1 Å². The molecule has 4 fully saturated rings. The third-order valence-corrected chi connectivity index (χ3v) is 9.00. The second-order valence-corrected chi connectivity index (χ2v) is 11.9. The topological polar surface area (TPSA) is 90.7 Å². The number of carbonyl (C=O) groups is 1. The Bertz CT molecular complexity index is 1360. The molecule has 1 N–H and O–H groups in total. The van der Waals surface area contributed by atoms with Gasteiger partial charge >= 0.3 is 0 Å². The predicted molar refractivity (Wildman–Crippen MR) is 148 cm³/mol. The van der Waals surface area contributed by atoms with Crippen molar-refractivity contribution < 1.29 is 19.2 Å². The zero-order valence-corrected chi connectivity index (χ0v) is 22.4. The number of nitro groups is 1. The van der Waals surface area contributed by atoms with Gasteiger partial charge in [0.2, 0.25) is 0 Å². The van der Waals surface area contributed by atoms with E-state index in [4.69, 9.17) is 9.47 Å². The van der Waals surface area contributed by atoms with Gasteiger partial charge in [-0.1, -0.05) is 12.1 Å². The van der Waals surface area contributed by atoms with Crippen LogP contribution in [0.1, 0.15) is 61.4 Å². The quantitative estimate of drug-likeness (QED) is 0.239. The summed E-state index contributed by atoms with van der Waals surface area (Å²) in [6, 6.07) is 18.8. The first-order valence-electron chi connectivity index (χ1n) is 13.9. The molecule has 3 aromatic carbocycles. The number of benzene rings is 3. The highest BCUT2D eigenvalue weighted by molar-refractivity contribution is 5.94. The highest BCUT2D eigenvalue weighted by Crippen LogP contribution is 2.61.